The van der Waals surface area contributed by atoms with Gasteiger partial charge in [-0.1, -0.05) is 0 Å². The van der Waals surface area contributed by atoms with Crippen LogP contribution in [0.25, 0.3) is 0 Å². The lowest BCUT2D eigenvalue weighted by molar-refractivity contribution is -0.119. The zero-order valence-electron chi connectivity index (χ0n) is 14.5. The Bertz CT molecular complexity index is 874. The standard InChI is InChI=1S/C17H20N4O5S/c18-16(22)12-25-13-5-7-15(8-6-13)27(23,24)21-10-2-3-14(11-21)26-17-4-1-9-19-20-17/h1,4-9,14H,2-3,10-12H2,(H2,18,22)/t14-/m0/s1. The van der Waals surface area contributed by atoms with Gasteiger partial charge in [0.1, 0.15) is 11.9 Å². The Morgan fingerprint density at radius 3 is 2.70 bits per heavy atom. The Kier molecular flexibility index (Phi) is 5.87. The number of sulfonamides is 1. The summed E-state index contributed by atoms with van der Waals surface area (Å²) in [4.78, 5) is 10.9. The second-order valence-corrected chi connectivity index (χ2v) is 7.97. The van der Waals surface area contributed by atoms with Gasteiger partial charge in [0.2, 0.25) is 15.9 Å². The lowest BCUT2D eigenvalue weighted by atomic mass is 10.1. The van der Waals surface area contributed by atoms with E-state index >= 15 is 0 Å². The van der Waals surface area contributed by atoms with Gasteiger partial charge in [-0.25, -0.2) is 8.42 Å². The van der Waals surface area contributed by atoms with E-state index in [0.29, 0.717) is 24.6 Å². The van der Waals surface area contributed by atoms with Crippen molar-refractivity contribution in [2.24, 2.45) is 5.73 Å². The van der Waals surface area contributed by atoms with E-state index < -0.39 is 15.9 Å². The Hall–Kier alpha value is -2.72. The van der Waals surface area contributed by atoms with Crippen LogP contribution in [-0.4, -0.2) is 54.6 Å². The van der Waals surface area contributed by atoms with Gasteiger partial charge < -0.3 is 15.2 Å². The number of ether oxygens (including phenoxy) is 2. The Morgan fingerprint density at radius 2 is 2.04 bits per heavy atom. The summed E-state index contributed by atoms with van der Waals surface area (Å²) in [5, 5.41) is 7.62. The van der Waals surface area contributed by atoms with Crippen molar-refractivity contribution < 1.29 is 22.7 Å². The normalized spacial score (nSPS) is 18.0. The van der Waals surface area contributed by atoms with Gasteiger partial charge >= 0.3 is 0 Å². The van der Waals surface area contributed by atoms with E-state index in [-0.39, 0.29) is 24.2 Å². The van der Waals surface area contributed by atoms with Crippen LogP contribution < -0.4 is 15.2 Å². The molecule has 3 rings (SSSR count). The van der Waals surface area contributed by atoms with Gasteiger partial charge in [0, 0.05) is 18.8 Å². The summed E-state index contributed by atoms with van der Waals surface area (Å²) in [6, 6.07) is 9.27. The molecule has 2 heterocycles. The van der Waals surface area contributed by atoms with Crippen LogP contribution in [0.15, 0.2) is 47.5 Å². The van der Waals surface area contributed by atoms with E-state index in [4.69, 9.17) is 15.2 Å². The predicted molar refractivity (Wildman–Crippen MR) is 95.6 cm³/mol. The molecule has 2 aromatic rings. The number of aromatic nitrogens is 2. The molecule has 1 amide bonds. The highest BCUT2D eigenvalue weighted by Crippen LogP contribution is 2.24. The highest BCUT2D eigenvalue weighted by Gasteiger charge is 2.31. The number of nitrogens with two attached hydrogens (primary N) is 1. The quantitative estimate of drug-likeness (QED) is 0.730. The van der Waals surface area contributed by atoms with Gasteiger partial charge in [0.15, 0.2) is 6.61 Å². The number of amides is 1. The van der Waals surface area contributed by atoms with Crippen molar-refractivity contribution in [3.8, 4) is 11.6 Å². The number of nitrogens with zero attached hydrogens (tertiary/aromatic N) is 3. The van der Waals surface area contributed by atoms with Gasteiger partial charge in [-0.3, -0.25) is 4.79 Å². The SMILES string of the molecule is NC(=O)COc1ccc(S(=O)(=O)N2CCC[C@H](Oc3cccnn3)C2)cc1. The largest absolute Gasteiger partial charge is 0.484 e. The van der Waals surface area contributed by atoms with Crippen LogP contribution >= 0.6 is 0 Å². The van der Waals surface area contributed by atoms with E-state index in [1.165, 1.54) is 28.6 Å². The molecule has 0 aliphatic carbocycles. The second kappa shape index (κ2) is 8.31. The average Bonchev–Trinajstić information content (AvgIpc) is 2.68. The van der Waals surface area contributed by atoms with Gasteiger partial charge in [-0.05, 0) is 43.2 Å². The zero-order valence-corrected chi connectivity index (χ0v) is 15.3. The van der Waals surface area contributed by atoms with Crippen molar-refractivity contribution in [3.05, 3.63) is 42.6 Å². The summed E-state index contributed by atoms with van der Waals surface area (Å²) >= 11 is 0. The fourth-order valence-electron chi connectivity index (χ4n) is 2.75. The first-order valence-corrected chi connectivity index (χ1v) is 9.85. The molecule has 1 atom stereocenters. The molecule has 1 saturated heterocycles. The third-order valence-corrected chi connectivity index (χ3v) is 5.90. The first-order chi connectivity index (χ1) is 12.9. The summed E-state index contributed by atoms with van der Waals surface area (Å²) < 4.78 is 38.1. The molecular weight excluding hydrogens is 372 g/mol. The molecule has 0 spiro atoms. The molecule has 1 fully saturated rings. The third kappa shape index (κ3) is 4.92. The highest BCUT2D eigenvalue weighted by molar-refractivity contribution is 7.89. The van der Waals surface area contributed by atoms with Crippen LogP contribution in [0.1, 0.15) is 12.8 Å². The van der Waals surface area contributed by atoms with Crippen molar-refractivity contribution in [1.29, 1.82) is 0 Å². The molecular formula is C17H20N4O5S. The number of carbonyl (C=O) groups is 1. The average molecular weight is 392 g/mol. The Morgan fingerprint density at radius 1 is 1.26 bits per heavy atom. The van der Waals surface area contributed by atoms with Crippen LogP contribution in [0.2, 0.25) is 0 Å². The molecule has 0 unspecified atom stereocenters. The van der Waals surface area contributed by atoms with Crippen molar-refractivity contribution in [3.63, 3.8) is 0 Å². The smallest absolute Gasteiger partial charge is 0.255 e. The monoisotopic (exact) mass is 392 g/mol. The molecule has 1 aromatic heterocycles. The number of rotatable bonds is 7. The van der Waals surface area contributed by atoms with E-state index in [1.807, 2.05) is 0 Å². The minimum Gasteiger partial charge on any atom is -0.484 e. The lowest BCUT2D eigenvalue weighted by Gasteiger charge is -2.31. The molecule has 1 aliphatic rings. The number of carbonyl (C=O) groups excluding carboxylic acids is 1. The molecule has 0 saturated carbocycles. The van der Waals surface area contributed by atoms with Crippen molar-refractivity contribution in [2.45, 2.75) is 23.8 Å². The van der Waals surface area contributed by atoms with Gasteiger partial charge in [0.25, 0.3) is 5.91 Å². The first kappa shape index (κ1) is 19.1. The van der Waals surface area contributed by atoms with Crippen molar-refractivity contribution >= 4 is 15.9 Å². The van der Waals surface area contributed by atoms with E-state index in [0.717, 1.165) is 6.42 Å². The number of hydrogen-bond acceptors (Lipinski definition) is 7. The topological polar surface area (TPSA) is 125 Å². The van der Waals surface area contributed by atoms with E-state index in [1.54, 1.807) is 18.3 Å². The molecule has 9 nitrogen and oxygen atoms in total. The lowest BCUT2D eigenvalue weighted by Crippen LogP contribution is -2.44. The van der Waals surface area contributed by atoms with E-state index in [2.05, 4.69) is 10.2 Å². The molecule has 144 valence electrons. The summed E-state index contributed by atoms with van der Waals surface area (Å²) in [6.07, 6.45) is 2.68. The fourth-order valence-corrected chi connectivity index (χ4v) is 4.26. The molecule has 0 radical (unpaired) electrons. The summed E-state index contributed by atoms with van der Waals surface area (Å²) in [6.45, 7) is 0.390. The Balaban J connectivity index is 1.67. The highest BCUT2D eigenvalue weighted by atomic mass is 32.2. The van der Waals surface area contributed by atoms with Gasteiger partial charge in [-0.15, -0.1) is 5.10 Å². The van der Waals surface area contributed by atoms with Gasteiger partial charge in [-0.2, -0.15) is 9.40 Å². The summed E-state index contributed by atoms with van der Waals surface area (Å²) in [5.74, 6) is 0.141. The molecule has 1 aliphatic heterocycles. The number of primary amides is 1. The maximum atomic E-state index is 12.9. The van der Waals surface area contributed by atoms with Crippen LogP contribution in [0.3, 0.4) is 0 Å². The maximum absolute atomic E-state index is 12.9. The number of piperidine rings is 1. The minimum absolute atomic E-state index is 0.147. The van der Waals surface area contributed by atoms with Crippen LogP contribution in [-0.2, 0) is 14.8 Å². The van der Waals surface area contributed by atoms with Crippen LogP contribution in [0.4, 0.5) is 0 Å². The Labute approximate surface area is 157 Å². The maximum Gasteiger partial charge on any atom is 0.255 e. The van der Waals surface area contributed by atoms with Crippen LogP contribution in [0, 0.1) is 0 Å². The molecule has 2 N–H and O–H groups in total. The molecule has 10 heteroatoms. The van der Waals surface area contributed by atoms with E-state index in [9.17, 15) is 13.2 Å². The van der Waals surface area contributed by atoms with Crippen molar-refractivity contribution in [2.75, 3.05) is 19.7 Å². The number of hydrogen-bond donors (Lipinski definition) is 1. The first-order valence-electron chi connectivity index (χ1n) is 8.41. The molecule has 0 bridgehead atoms. The molecule has 27 heavy (non-hydrogen) atoms. The fraction of sp³-hybridized carbons (Fsp3) is 0.353. The second-order valence-electron chi connectivity index (χ2n) is 6.03. The van der Waals surface area contributed by atoms with Gasteiger partial charge in [0.05, 0.1) is 11.4 Å². The number of benzene rings is 1. The van der Waals surface area contributed by atoms with Crippen molar-refractivity contribution in [1.82, 2.24) is 14.5 Å². The minimum atomic E-state index is -3.67. The summed E-state index contributed by atoms with van der Waals surface area (Å²) in [7, 11) is -3.67. The van der Waals surface area contributed by atoms with Crippen LogP contribution in [0.5, 0.6) is 11.6 Å². The third-order valence-electron chi connectivity index (χ3n) is 4.02. The summed E-state index contributed by atoms with van der Waals surface area (Å²) in [5.41, 5.74) is 5.02. The zero-order chi connectivity index (χ0) is 19.3. The molecule has 1 aromatic carbocycles. The predicted octanol–water partition coefficient (Wildman–Crippen LogP) is 0.573.